The molecule has 1 aromatic rings. The molecular weight excluding hydrogens is 423 g/mol. The standard InChI is InChI=1S/C13H14BrIN2O2/c1-2-11-12(18)16-5-6-17(11)13(19)9-7-8(15)3-4-10(9)14/h3-4,7,11H,2,5-6H2,1H3,(H,16,18). The molecule has 19 heavy (non-hydrogen) atoms. The predicted octanol–water partition coefficient (Wildman–Crippen LogP) is 2.40. The van der Waals surface area contributed by atoms with Crippen LogP contribution in [0.5, 0.6) is 0 Å². The fraction of sp³-hybridized carbons (Fsp3) is 0.385. The van der Waals surface area contributed by atoms with Gasteiger partial charge >= 0.3 is 0 Å². The lowest BCUT2D eigenvalue weighted by Gasteiger charge is -2.34. The second-order valence-corrected chi connectivity index (χ2v) is 6.44. The normalized spacial score (nSPS) is 19.2. The minimum atomic E-state index is -0.369. The van der Waals surface area contributed by atoms with Gasteiger partial charge in [0.1, 0.15) is 6.04 Å². The molecule has 1 N–H and O–H groups in total. The maximum atomic E-state index is 12.6. The van der Waals surface area contributed by atoms with Gasteiger partial charge in [-0.1, -0.05) is 6.92 Å². The molecule has 1 atom stereocenters. The van der Waals surface area contributed by atoms with Crippen LogP contribution >= 0.6 is 38.5 Å². The van der Waals surface area contributed by atoms with Gasteiger partial charge in [-0.25, -0.2) is 0 Å². The first-order chi connectivity index (χ1) is 9.04. The monoisotopic (exact) mass is 436 g/mol. The van der Waals surface area contributed by atoms with Crippen molar-refractivity contribution in [2.45, 2.75) is 19.4 Å². The van der Waals surface area contributed by atoms with E-state index in [0.29, 0.717) is 25.1 Å². The summed E-state index contributed by atoms with van der Waals surface area (Å²) in [5.41, 5.74) is 0.611. The summed E-state index contributed by atoms with van der Waals surface area (Å²) in [5.74, 6) is -0.157. The zero-order valence-corrected chi connectivity index (χ0v) is 14.2. The molecule has 1 saturated heterocycles. The molecule has 2 amide bonds. The van der Waals surface area contributed by atoms with Crippen molar-refractivity contribution in [2.75, 3.05) is 13.1 Å². The van der Waals surface area contributed by atoms with Crippen molar-refractivity contribution in [1.29, 1.82) is 0 Å². The van der Waals surface area contributed by atoms with Crippen LogP contribution in [0.2, 0.25) is 0 Å². The predicted molar refractivity (Wildman–Crippen MR) is 85.0 cm³/mol. The zero-order valence-electron chi connectivity index (χ0n) is 10.5. The highest BCUT2D eigenvalue weighted by atomic mass is 127. The number of nitrogens with zero attached hydrogens (tertiary/aromatic N) is 1. The first kappa shape index (κ1) is 14.8. The minimum Gasteiger partial charge on any atom is -0.353 e. The van der Waals surface area contributed by atoms with Gasteiger partial charge in [0, 0.05) is 21.1 Å². The summed E-state index contributed by atoms with van der Waals surface area (Å²) in [4.78, 5) is 26.1. The quantitative estimate of drug-likeness (QED) is 0.723. The largest absolute Gasteiger partial charge is 0.353 e. The van der Waals surface area contributed by atoms with Crippen LogP contribution in [0.3, 0.4) is 0 Å². The third kappa shape index (κ3) is 3.10. The number of rotatable bonds is 2. The molecule has 0 radical (unpaired) electrons. The van der Waals surface area contributed by atoms with Gasteiger partial charge in [-0.2, -0.15) is 0 Å². The molecule has 1 fully saturated rings. The van der Waals surface area contributed by atoms with E-state index in [9.17, 15) is 9.59 Å². The van der Waals surface area contributed by atoms with Gasteiger partial charge in [0.2, 0.25) is 5.91 Å². The topological polar surface area (TPSA) is 49.4 Å². The summed E-state index contributed by atoms with van der Waals surface area (Å²) < 4.78 is 1.76. The Morgan fingerprint density at radius 3 is 3.00 bits per heavy atom. The van der Waals surface area contributed by atoms with Crippen LogP contribution in [-0.2, 0) is 4.79 Å². The Hall–Kier alpha value is -0.630. The number of nitrogens with one attached hydrogen (secondary N) is 1. The lowest BCUT2D eigenvalue weighted by molar-refractivity contribution is -0.127. The average molecular weight is 437 g/mol. The summed E-state index contributed by atoms with van der Waals surface area (Å²) in [7, 11) is 0. The Bertz CT molecular complexity index is 521. The third-order valence-corrected chi connectivity index (χ3v) is 4.50. The molecule has 1 aromatic carbocycles. The van der Waals surface area contributed by atoms with Crippen LogP contribution in [0.4, 0.5) is 0 Å². The Balaban J connectivity index is 2.32. The smallest absolute Gasteiger partial charge is 0.255 e. The second kappa shape index (κ2) is 6.21. The number of hydrogen-bond acceptors (Lipinski definition) is 2. The van der Waals surface area contributed by atoms with E-state index in [-0.39, 0.29) is 17.9 Å². The van der Waals surface area contributed by atoms with E-state index in [1.54, 1.807) is 4.90 Å². The Morgan fingerprint density at radius 2 is 2.32 bits per heavy atom. The first-order valence-corrected chi connectivity index (χ1v) is 7.95. The molecule has 0 saturated carbocycles. The molecule has 4 nitrogen and oxygen atoms in total. The summed E-state index contributed by atoms with van der Waals surface area (Å²) in [6.45, 7) is 2.99. The van der Waals surface area contributed by atoms with Crippen molar-refractivity contribution >= 4 is 50.3 Å². The van der Waals surface area contributed by atoms with Gasteiger partial charge in [0.25, 0.3) is 5.91 Å². The molecular formula is C13H14BrIN2O2. The molecule has 1 aliphatic rings. The van der Waals surface area contributed by atoms with Crippen molar-refractivity contribution in [1.82, 2.24) is 10.2 Å². The Morgan fingerprint density at radius 1 is 1.58 bits per heavy atom. The van der Waals surface area contributed by atoms with Crippen molar-refractivity contribution < 1.29 is 9.59 Å². The molecule has 0 spiro atoms. The molecule has 2 rings (SSSR count). The first-order valence-electron chi connectivity index (χ1n) is 6.08. The molecule has 102 valence electrons. The molecule has 0 aliphatic carbocycles. The number of piperazine rings is 1. The van der Waals surface area contributed by atoms with E-state index in [0.717, 1.165) is 8.04 Å². The maximum absolute atomic E-state index is 12.6. The molecule has 0 aromatic heterocycles. The van der Waals surface area contributed by atoms with Crippen LogP contribution in [0.1, 0.15) is 23.7 Å². The van der Waals surface area contributed by atoms with E-state index in [4.69, 9.17) is 0 Å². The van der Waals surface area contributed by atoms with Crippen molar-refractivity contribution in [2.24, 2.45) is 0 Å². The minimum absolute atomic E-state index is 0.0659. The molecule has 0 bridgehead atoms. The van der Waals surface area contributed by atoms with E-state index < -0.39 is 0 Å². The average Bonchev–Trinajstić information content (AvgIpc) is 2.40. The third-order valence-electron chi connectivity index (χ3n) is 3.14. The molecule has 1 heterocycles. The fourth-order valence-corrected chi connectivity index (χ4v) is 3.09. The number of hydrogen-bond donors (Lipinski definition) is 1. The van der Waals surface area contributed by atoms with E-state index in [2.05, 4.69) is 43.8 Å². The van der Waals surface area contributed by atoms with Crippen molar-refractivity contribution in [3.63, 3.8) is 0 Å². The summed E-state index contributed by atoms with van der Waals surface area (Å²) in [6, 6.07) is 5.26. The highest BCUT2D eigenvalue weighted by molar-refractivity contribution is 14.1. The number of halogens is 2. The number of amides is 2. The lowest BCUT2D eigenvalue weighted by atomic mass is 10.1. The van der Waals surface area contributed by atoms with Gasteiger partial charge in [0.05, 0.1) is 5.56 Å². The molecule has 1 unspecified atom stereocenters. The highest BCUT2D eigenvalue weighted by Crippen LogP contribution is 2.23. The van der Waals surface area contributed by atoms with Gasteiger partial charge in [-0.3, -0.25) is 9.59 Å². The molecule has 1 aliphatic heterocycles. The van der Waals surface area contributed by atoms with Crippen LogP contribution in [0.25, 0.3) is 0 Å². The van der Waals surface area contributed by atoms with E-state index >= 15 is 0 Å². The van der Waals surface area contributed by atoms with E-state index in [1.807, 2.05) is 25.1 Å². The maximum Gasteiger partial charge on any atom is 0.255 e. The molecule has 6 heteroatoms. The van der Waals surface area contributed by atoms with Crippen LogP contribution in [0.15, 0.2) is 22.7 Å². The van der Waals surface area contributed by atoms with Crippen molar-refractivity contribution in [3.05, 3.63) is 31.8 Å². The van der Waals surface area contributed by atoms with Crippen LogP contribution < -0.4 is 5.32 Å². The van der Waals surface area contributed by atoms with Gasteiger partial charge < -0.3 is 10.2 Å². The van der Waals surface area contributed by atoms with Gasteiger partial charge in [0.15, 0.2) is 0 Å². The highest BCUT2D eigenvalue weighted by Gasteiger charge is 2.32. The summed E-state index contributed by atoms with van der Waals surface area (Å²) in [5, 5.41) is 2.80. The fourth-order valence-electron chi connectivity index (χ4n) is 2.18. The van der Waals surface area contributed by atoms with Gasteiger partial charge in [-0.05, 0) is 63.1 Å². The summed E-state index contributed by atoms with van der Waals surface area (Å²) >= 11 is 5.58. The summed E-state index contributed by atoms with van der Waals surface area (Å²) in [6.07, 6.45) is 0.624. The lowest BCUT2D eigenvalue weighted by Crippen LogP contribution is -2.56. The number of benzene rings is 1. The SMILES string of the molecule is CCC1C(=O)NCCN1C(=O)c1cc(I)ccc1Br. The second-order valence-electron chi connectivity index (χ2n) is 4.34. The van der Waals surface area contributed by atoms with Crippen LogP contribution in [-0.4, -0.2) is 35.8 Å². The number of carbonyl (C=O) groups excluding carboxylic acids is 2. The number of carbonyl (C=O) groups is 2. The van der Waals surface area contributed by atoms with E-state index in [1.165, 1.54) is 0 Å². The Kier molecular flexibility index (Phi) is 4.83. The Labute approximate surface area is 134 Å². The van der Waals surface area contributed by atoms with Crippen molar-refractivity contribution in [3.8, 4) is 0 Å². The zero-order chi connectivity index (χ0) is 14.0. The van der Waals surface area contributed by atoms with Crippen LogP contribution in [0, 0.1) is 3.57 Å². The van der Waals surface area contributed by atoms with Gasteiger partial charge in [-0.15, -0.1) is 0 Å².